The average molecular weight is 323 g/mol. The van der Waals surface area contributed by atoms with Crippen LogP contribution in [0.4, 0.5) is 0 Å². The minimum absolute atomic E-state index is 0.0895. The van der Waals surface area contributed by atoms with Gasteiger partial charge in [0, 0.05) is 10.7 Å². The van der Waals surface area contributed by atoms with E-state index in [1.807, 2.05) is 27.7 Å². The zero-order chi connectivity index (χ0) is 15.0. The molecule has 0 rings (SSSR count). The zero-order valence-corrected chi connectivity index (χ0v) is 13.6. The zero-order valence-electron chi connectivity index (χ0n) is 11.3. The molecular formula is C10H23ClO5S2. The summed E-state index contributed by atoms with van der Waals surface area (Å²) in [6.45, 7) is 7.74. The van der Waals surface area contributed by atoms with Crippen LogP contribution in [0.5, 0.6) is 0 Å². The van der Waals surface area contributed by atoms with E-state index in [1.54, 1.807) is 0 Å². The van der Waals surface area contributed by atoms with E-state index in [0.717, 1.165) is 0 Å². The van der Waals surface area contributed by atoms with E-state index in [2.05, 4.69) is 0 Å². The van der Waals surface area contributed by atoms with Gasteiger partial charge in [0.05, 0.1) is 11.5 Å². The molecule has 0 aromatic rings. The van der Waals surface area contributed by atoms with Gasteiger partial charge in [-0.2, -0.15) is 8.42 Å². The lowest BCUT2D eigenvalue weighted by Gasteiger charge is -1.99. The maximum atomic E-state index is 10.3. The van der Waals surface area contributed by atoms with Crippen molar-refractivity contribution in [1.29, 1.82) is 0 Å². The molecule has 0 bridgehead atoms. The molecule has 8 heteroatoms. The summed E-state index contributed by atoms with van der Waals surface area (Å²) in [5.41, 5.74) is 0. The Morgan fingerprint density at radius 2 is 1.22 bits per heavy atom. The molecule has 0 atom stereocenters. The van der Waals surface area contributed by atoms with Crippen LogP contribution in [0.25, 0.3) is 0 Å². The van der Waals surface area contributed by atoms with E-state index in [1.165, 1.54) is 0 Å². The van der Waals surface area contributed by atoms with E-state index in [4.69, 9.17) is 15.2 Å². The molecule has 0 aromatic heterocycles. The third-order valence-electron chi connectivity index (χ3n) is 1.89. The number of hydrogen-bond acceptors (Lipinski definition) is 4. The largest absolute Gasteiger partial charge is 0.286 e. The second-order valence-electron chi connectivity index (χ2n) is 4.89. The van der Waals surface area contributed by atoms with Gasteiger partial charge in [0.25, 0.3) is 10.1 Å². The summed E-state index contributed by atoms with van der Waals surface area (Å²) in [6, 6.07) is 0. The fraction of sp³-hybridized carbons (Fsp3) is 1.00. The summed E-state index contributed by atoms with van der Waals surface area (Å²) in [5.74, 6) is 0.696. The molecule has 0 heterocycles. The van der Waals surface area contributed by atoms with Gasteiger partial charge in [-0.25, -0.2) is 8.42 Å². The highest BCUT2D eigenvalue weighted by Crippen LogP contribution is 2.05. The lowest BCUT2D eigenvalue weighted by atomic mass is 10.2. The minimum atomic E-state index is -3.72. The van der Waals surface area contributed by atoms with Gasteiger partial charge < -0.3 is 0 Å². The Morgan fingerprint density at radius 3 is 1.33 bits per heavy atom. The monoisotopic (exact) mass is 322 g/mol. The van der Waals surface area contributed by atoms with Crippen molar-refractivity contribution in [3.63, 3.8) is 0 Å². The Kier molecular flexibility index (Phi) is 10.4. The number of halogens is 1. The van der Waals surface area contributed by atoms with Gasteiger partial charge in [-0.1, -0.05) is 27.7 Å². The highest BCUT2D eigenvalue weighted by molar-refractivity contribution is 8.13. The van der Waals surface area contributed by atoms with Crippen LogP contribution in [0.1, 0.15) is 40.5 Å². The van der Waals surface area contributed by atoms with E-state index in [-0.39, 0.29) is 11.5 Å². The predicted molar refractivity (Wildman–Crippen MR) is 75.0 cm³/mol. The maximum Gasteiger partial charge on any atom is 0.264 e. The molecule has 0 fully saturated rings. The third-order valence-corrected chi connectivity index (χ3v) is 3.83. The maximum absolute atomic E-state index is 10.3. The summed E-state index contributed by atoms with van der Waals surface area (Å²) in [5, 5.41) is 0. The molecule has 5 nitrogen and oxygen atoms in total. The van der Waals surface area contributed by atoms with Crippen LogP contribution in [-0.2, 0) is 19.2 Å². The van der Waals surface area contributed by atoms with Crippen LogP contribution < -0.4 is 0 Å². The number of rotatable bonds is 6. The van der Waals surface area contributed by atoms with Crippen molar-refractivity contribution in [3.05, 3.63) is 0 Å². The molecular weight excluding hydrogens is 300 g/mol. The Bertz CT molecular complexity index is 358. The SMILES string of the molecule is CC(C)CCS(=O)(=O)Cl.CC(C)CCS(=O)(=O)O. The van der Waals surface area contributed by atoms with Crippen molar-refractivity contribution < 1.29 is 21.4 Å². The molecule has 0 aromatic carbocycles. The highest BCUT2D eigenvalue weighted by Gasteiger charge is 2.05. The van der Waals surface area contributed by atoms with E-state index >= 15 is 0 Å². The van der Waals surface area contributed by atoms with Crippen molar-refractivity contribution in [2.24, 2.45) is 11.8 Å². The highest BCUT2D eigenvalue weighted by atomic mass is 35.7. The molecule has 0 unspecified atom stereocenters. The molecule has 0 aliphatic rings. The summed E-state index contributed by atoms with van der Waals surface area (Å²) in [4.78, 5) is 0. The van der Waals surface area contributed by atoms with Gasteiger partial charge in [-0.3, -0.25) is 4.55 Å². The lowest BCUT2D eigenvalue weighted by Crippen LogP contribution is -2.06. The summed E-state index contributed by atoms with van der Waals surface area (Å²) >= 11 is 0. The first-order valence-electron chi connectivity index (χ1n) is 5.71. The Balaban J connectivity index is 0. The van der Waals surface area contributed by atoms with E-state index < -0.39 is 19.2 Å². The fourth-order valence-electron chi connectivity index (χ4n) is 0.761. The second kappa shape index (κ2) is 9.12. The summed E-state index contributed by atoms with van der Waals surface area (Å²) in [7, 11) is -2.02. The van der Waals surface area contributed by atoms with Gasteiger partial charge in [0.15, 0.2) is 0 Å². The van der Waals surface area contributed by atoms with Crippen LogP contribution in [0.2, 0.25) is 0 Å². The molecule has 0 amide bonds. The van der Waals surface area contributed by atoms with Crippen molar-refractivity contribution in [3.8, 4) is 0 Å². The van der Waals surface area contributed by atoms with Crippen LogP contribution in [0.15, 0.2) is 0 Å². The summed E-state index contributed by atoms with van der Waals surface area (Å²) < 4.78 is 49.0. The van der Waals surface area contributed by atoms with Crippen LogP contribution >= 0.6 is 10.7 Å². The molecule has 1 N–H and O–H groups in total. The van der Waals surface area contributed by atoms with Gasteiger partial charge in [0.1, 0.15) is 0 Å². The topological polar surface area (TPSA) is 88.5 Å². The van der Waals surface area contributed by atoms with Gasteiger partial charge in [0.2, 0.25) is 9.05 Å². The number of hydrogen-bond donors (Lipinski definition) is 1. The fourth-order valence-corrected chi connectivity index (χ4v) is 2.55. The van der Waals surface area contributed by atoms with Gasteiger partial charge in [-0.05, 0) is 24.7 Å². The van der Waals surface area contributed by atoms with E-state index in [0.29, 0.717) is 24.7 Å². The molecule has 0 aliphatic carbocycles. The Hall–Kier alpha value is 0.150. The van der Waals surface area contributed by atoms with Crippen LogP contribution in [-0.4, -0.2) is 32.9 Å². The van der Waals surface area contributed by atoms with Crippen LogP contribution in [0.3, 0.4) is 0 Å². The minimum Gasteiger partial charge on any atom is -0.286 e. The smallest absolute Gasteiger partial charge is 0.264 e. The lowest BCUT2D eigenvalue weighted by molar-refractivity contribution is 0.474. The molecule has 112 valence electrons. The normalized spacial score (nSPS) is 12.4. The molecule has 0 aliphatic heterocycles. The predicted octanol–water partition coefficient (Wildman–Crippen LogP) is 2.52. The van der Waals surface area contributed by atoms with E-state index in [9.17, 15) is 16.8 Å². The quantitative estimate of drug-likeness (QED) is 0.599. The van der Waals surface area contributed by atoms with Crippen molar-refractivity contribution in [2.75, 3.05) is 11.5 Å². The summed E-state index contributed by atoms with van der Waals surface area (Å²) in [6.07, 6.45) is 1.17. The van der Waals surface area contributed by atoms with Crippen LogP contribution in [0, 0.1) is 11.8 Å². The Morgan fingerprint density at radius 1 is 0.889 bits per heavy atom. The average Bonchev–Trinajstić information content (AvgIpc) is 2.10. The van der Waals surface area contributed by atoms with Gasteiger partial charge >= 0.3 is 0 Å². The standard InChI is InChI=1S/C5H11ClO2S.C5H12O3S/c2*1-5(2)3-4-9(6,7)8/h5H,3-4H2,1-2H3;5H,3-4H2,1-2H3,(H,6,7,8). The molecule has 0 saturated heterocycles. The molecule has 0 saturated carbocycles. The van der Waals surface area contributed by atoms with Gasteiger partial charge in [-0.15, -0.1) is 0 Å². The van der Waals surface area contributed by atoms with Crippen molar-refractivity contribution >= 4 is 29.9 Å². The molecule has 18 heavy (non-hydrogen) atoms. The second-order valence-corrected chi connectivity index (χ2v) is 9.36. The molecule has 0 spiro atoms. The third kappa shape index (κ3) is 25.1. The first kappa shape index (κ1) is 20.5. The molecule has 0 radical (unpaired) electrons. The Labute approximate surface area is 115 Å². The first-order valence-corrected chi connectivity index (χ1v) is 9.79. The van der Waals surface area contributed by atoms with Crippen molar-refractivity contribution in [1.82, 2.24) is 0 Å². The first-order chi connectivity index (χ1) is 7.83. The van der Waals surface area contributed by atoms with Crippen molar-refractivity contribution in [2.45, 2.75) is 40.5 Å².